The molecule has 1 amide bonds. The Labute approximate surface area is 134 Å². The van der Waals surface area contributed by atoms with E-state index in [1.165, 1.54) is 18.3 Å². The Morgan fingerprint density at radius 2 is 1.91 bits per heavy atom. The topological polar surface area (TPSA) is 80.7 Å². The summed E-state index contributed by atoms with van der Waals surface area (Å²) >= 11 is 0. The van der Waals surface area contributed by atoms with Crippen molar-refractivity contribution in [3.63, 3.8) is 0 Å². The molecule has 2 heterocycles. The molecule has 120 valence electrons. The lowest BCUT2D eigenvalue weighted by Crippen LogP contribution is -2.26. The molecule has 1 aromatic heterocycles. The van der Waals surface area contributed by atoms with E-state index in [1.54, 1.807) is 24.3 Å². The van der Waals surface area contributed by atoms with Crippen molar-refractivity contribution in [3.05, 3.63) is 48.2 Å². The van der Waals surface area contributed by atoms with Crippen LogP contribution >= 0.6 is 0 Å². The Morgan fingerprint density at radius 3 is 2.57 bits per heavy atom. The van der Waals surface area contributed by atoms with Gasteiger partial charge in [0.2, 0.25) is 5.88 Å². The summed E-state index contributed by atoms with van der Waals surface area (Å²) < 4.78 is 11.1. The quantitative estimate of drug-likeness (QED) is 0.848. The predicted molar refractivity (Wildman–Crippen MR) is 84.8 cm³/mol. The second kappa shape index (κ2) is 7.11. The van der Waals surface area contributed by atoms with E-state index in [4.69, 9.17) is 9.47 Å². The van der Waals surface area contributed by atoms with Gasteiger partial charge in [0, 0.05) is 30.8 Å². The van der Waals surface area contributed by atoms with Gasteiger partial charge in [0.05, 0.1) is 18.8 Å². The number of amides is 1. The van der Waals surface area contributed by atoms with Crippen LogP contribution in [0.5, 0.6) is 11.6 Å². The molecular formula is C17H18N2O4. The molecule has 0 bridgehead atoms. The first kappa shape index (κ1) is 15.3. The van der Waals surface area contributed by atoms with Crippen molar-refractivity contribution in [2.45, 2.75) is 18.9 Å². The number of nitrogens with zero attached hydrogens (tertiary/aromatic N) is 1. The van der Waals surface area contributed by atoms with Crippen LogP contribution in [0.15, 0.2) is 42.6 Å². The Bertz CT molecular complexity index is 649. The largest absolute Gasteiger partial charge is 0.508 e. The van der Waals surface area contributed by atoms with Gasteiger partial charge in [0.1, 0.15) is 11.9 Å². The fraction of sp³-hybridized carbons (Fsp3) is 0.294. The molecule has 0 spiro atoms. The second-order valence-corrected chi connectivity index (χ2v) is 5.32. The SMILES string of the molecule is O=C(Nc1ccc(O)cc1)c1ccc(OC2CCOCC2)nc1. The van der Waals surface area contributed by atoms with Crippen molar-refractivity contribution in [2.75, 3.05) is 18.5 Å². The number of carbonyl (C=O) groups is 1. The second-order valence-electron chi connectivity index (χ2n) is 5.32. The van der Waals surface area contributed by atoms with Crippen molar-refractivity contribution in [1.29, 1.82) is 0 Å². The molecule has 0 saturated carbocycles. The minimum absolute atomic E-state index is 0.118. The van der Waals surface area contributed by atoms with Gasteiger partial charge in [-0.3, -0.25) is 4.79 Å². The van der Waals surface area contributed by atoms with Crippen LogP contribution in [0.2, 0.25) is 0 Å². The van der Waals surface area contributed by atoms with E-state index in [0.717, 1.165) is 12.8 Å². The number of pyridine rings is 1. The first-order valence-electron chi connectivity index (χ1n) is 7.51. The lowest BCUT2D eigenvalue weighted by molar-refractivity contribution is 0.0237. The number of benzene rings is 1. The zero-order chi connectivity index (χ0) is 16.1. The summed E-state index contributed by atoms with van der Waals surface area (Å²) in [7, 11) is 0. The highest BCUT2D eigenvalue weighted by molar-refractivity contribution is 6.04. The van der Waals surface area contributed by atoms with E-state index in [9.17, 15) is 9.90 Å². The Hall–Kier alpha value is -2.60. The third-order valence-corrected chi connectivity index (χ3v) is 3.58. The van der Waals surface area contributed by atoms with Crippen LogP contribution in [0.4, 0.5) is 5.69 Å². The van der Waals surface area contributed by atoms with Gasteiger partial charge in [0.25, 0.3) is 5.91 Å². The molecule has 2 aromatic rings. The monoisotopic (exact) mass is 314 g/mol. The third-order valence-electron chi connectivity index (χ3n) is 3.58. The first-order chi connectivity index (χ1) is 11.2. The van der Waals surface area contributed by atoms with Gasteiger partial charge in [-0.25, -0.2) is 4.98 Å². The summed E-state index contributed by atoms with van der Waals surface area (Å²) in [4.78, 5) is 16.3. The number of phenols is 1. The van der Waals surface area contributed by atoms with Crippen LogP contribution in [0.1, 0.15) is 23.2 Å². The highest BCUT2D eigenvalue weighted by atomic mass is 16.5. The number of rotatable bonds is 4. The molecule has 1 aliphatic heterocycles. The van der Waals surface area contributed by atoms with Gasteiger partial charge in [-0.15, -0.1) is 0 Å². The van der Waals surface area contributed by atoms with Gasteiger partial charge < -0.3 is 19.9 Å². The van der Waals surface area contributed by atoms with Crippen LogP contribution in [0.25, 0.3) is 0 Å². The normalized spacial score (nSPS) is 15.1. The van der Waals surface area contributed by atoms with Gasteiger partial charge in [-0.05, 0) is 30.3 Å². The molecule has 0 unspecified atom stereocenters. The van der Waals surface area contributed by atoms with Crippen molar-refractivity contribution in [2.24, 2.45) is 0 Å². The fourth-order valence-electron chi connectivity index (χ4n) is 2.30. The van der Waals surface area contributed by atoms with Crippen LogP contribution < -0.4 is 10.1 Å². The average Bonchev–Trinajstić information content (AvgIpc) is 2.58. The zero-order valence-electron chi connectivity index (χ0n) is 12.6. The number of aromatic hydroxyl groups is 1. The summed E-state index contributed by atoms with van der Waals surface area (Å²) in [6.07, 6.45) is 3.31. The number of aromatic nitrogens is 1. The zero-order valence-corrected chi connectivity index (χ0v) is 12.6. The molecule has 1 saturated heterocycles. The smallest absolute Gasteiger partial charge is 0.257 e. The lowest BCUT2D eigenvalue weighted by Gasteiger charge is -2.22. The van der Waals surface area contributed by atoms with E-state index in [2.05, 4.69) is 10.3 Å². The Kier molecular flexibility index (Phi) is 4.73. The van der Waals surface area contributed by atoms with Crippen molar-refractivity contribution in [3.8, 4) is 11.6 Å². The van der Waals surface area contributed by atoms with Crippen LogP contribution in [0, 0.1) is 0 Å². The van der Waals surface area contributed by atoms with Crippen molar-refractivity contribution >= 4 is 11.6 Å². The first-order valence-corrected chi connectivity index (χ1v) is 7.51. The van der Waals surface area contributed by atoms with E-state index in [1.807, 2.05) is 0 Å². The number of ether oxygens (including phenoxy) is 2. The average molecular weight is 314 g/mol. The molecule has 1 aromatic carbocycles. The number of hydrogen-bond donors (Lipinski definition) is 2. The minimum atomic E-state index is -0.263. The van der Waals surface area contributed by atoms with E-state index in [-0.39, 0.29) is 17.8 Å². The molecule has 23 heavy (non-hydrogen) atoms. The van der Waals surface area contributed by atoms with Crippen molar-refractivity contribution < 1.29 is 19.4 Å². The molecule has 0 aliphatic carbocycles. The maximum Gasteiger partial charge on any atom is 0.257 e. The highest BCUT2D eigenvalue weighted by Gasteiger charge is 2.16. The van der Waals surface area contributed by atoms with Gasteiger partial charge in [-0.2, -0.15) is 0 Å². The van der Waals surface area contributed by atoms with Gasteiger partial charge >= 0.3 is 0 Å². The summed E-state index contributed by atoms with van der Waals surface area (Å²) in [5.41, 5.74) is 1.05. The maximum atomic E-state index is 12.1. The summed E-state index contributed by atoms with van der Waals surface area (Å²) in [6, 6.07) is 9.66. The maximum absolute atomic E-state index is 12.1. The Morgan fingerprint density at radius 1 is 1.17 bits per heavy atom. The number of phenolic OH excluding ortho intramolecular Hbond substituents is 1. The van der Waals surface area contributed by atoms with E-state index < -0.39 is 0 Å². The molecular weight excluding hydrogens is 296 g/mol. The molecule has 0 radical (unpaired) electrons. The highest BCUT2D eigenvalue weighted by Crippen LogP contribution is 2.17. The molecule has 3 rings (SSSR count). The molecule has 0 atom stereocenters. The van der Waals surface area contributed by atoms with Gasteiger partial charge in [-0.1, -0.05) is 0 Å². The number of nitrogens with one attached hydrogen (secondary N) is 1. The lowest BCUT2D eigenvalue weighted by atomic mass is 10.1. The summed E-state index contributed by atoms with van der Waals surface area (Å²) in [5, 5.41) is 12.0. The van der Waals surface area contributed by atoms with E-state index in [0.29, 0.717) is 30.3 Å². The molecule has 6 nitrogen and oxygen atoms in total. The van der Waals surface area contributed by atoms with Crippen LogP contribution in [0.3, 0.4) is 0 Å². The van der Waals surface area contributed by atoms with Crippen LogP contribution in [-0.4, -0.2) is 35.3 Å². The Balaban J connectivity index is 1.59. The standard InChI is InChI=1S/C17H18N2O4/c20-14-4-2-13(3-5-14)19-17(21)12-1-6-16(18-11-12)23-15-7-9-22-10-8-15/h1-6,11,15,20H,7-10H2,(H,19,21). The summed E-state index contributed by atoms with van der Waals surface area (Å²) in [6.45, 7) is 1.41. The van der Waals surface area contributed by atoms with E-state index >= 15 is 0 Å². The third kappa shape index (κ3) is 4.20. The van der Waals surface area contributed by atoms with Crippen LogP contribution in [-0.2, 0) is 4.74 Å². The predicted octanol–water partition coefficient (Wildman–Crippen LogP) is 2.60. The van der Waals surface area contributed by atoms with Gasteiger partial charge in [0.15, 0.2) is 0 Å². The molecule has 1 fully saturated rings. The van der Waals surface area contributed by atoms with Crippen molar-refractivity contribution in [1.82, 2.24) is 4.98 Å². The molecule has 6 heteroatoms. The fourth-order valence-corrected chi connectivity index (χ4v) is 2.30. The molecule has 1 aliphatic rings. The number of anilines is 1. The number of hydrogen-bond acceptors (Lipinski definition) is 5. The number of carbonyl (C=O) groups excluding carboxylic acids is 1. The molecule has 2 N–H and O–H groups in total. The summed E-state index contributed by atoms with van der Waals surface area (Å²) in [5.74, 6) is 0.401. The minimum Gasteiger partial charge on any atom is -0.508 e.